The first-order valence-corrected chi connectivity index (χ1v) is 8.53. The molecule has 0 bridgehead atoms. The first-order chi connectivity index (χ1) is 11.6. The Morgan fingerprint density at radius 3 is 2.62 bits per heavy atom. The number of tetrazole rings is 1. The third kappa shape index (κ3) is 4.32. The number of aromatic nitrogens is 4. The number of rotatable bonds is 8. The fourth-order valence-corrected chi connectivity index (χ4v) is 3.06. The molecule has 1 amide bonds. The summed E-state index contributed by atoms with van der Waals surface area (Å²) in [6.07, 6.45) is 3.40. The SMILES string of the molecule is C=CCN(CC=C)C(=O)CSc1nnnn1-c1ccc(C)cc1C. The van der Waals surface area contributed by atoms with Gasteiger partial charge in [-0.15, -0.1) is 18.3 Å². The molecule has 7 heteroatoms. The number of nitrogens with zero attached hydrogens (tertiary/aromatic N) is 5. The highest BCUT2D eigenvalue weighted by atomic mass is 32.2. The van der Waals surface area contributed by atoms with E-state index in [1.54, 1.807) is 21.7 Å². The largest absolute Gasteiger partial charge is 0.335 e. The minimum Gasteiger partial charge on any atom is -0.335 e. The molecule has 0 saturated heterocycles. The molecule has 0 spiro atoms. The lowest BCUT2D eigenvalue weighted by molar-refractivity contribution is -0.127. The quantitative estimate of drug-likeness (QED) is 0.544. The highest BCUT2D eigenvalue weighted by molar-refractivity contribution is 7.99. The van der Waals surface area contributed by atoms with Crippen molar-refractivity contribution in [2.24, 2.45) is 0 Å². The van der Waals surface area contributed by atoms with E-state index in [1.165, 1.54) is 17.3 Å². The summed E-state index contributed by atoms with van der Waals surface area (Å²) in [4.78, 5) is 14.0. The molecule has 0 atom stereocenters. The molecule has 126 valence electrons. The second-order valence-corrected chi connectivity index (χ2v) is 6.27. The number of carbonyl (C=O) groups is 1. The van der Waals surface area contributed by atoms with Gasteiger partial charge in [0.15, 0.2) is 0 Å². The van der Waals surface area contributed by atoms with Gasteiger partial charge in [-0.2, -0.15) is 4.68 Å². The van der Waals surface area contributed by atoms with E-state index in [4.69, 9.17) is 0 Å². The molecule has 0 aliphatic rings. The maximum atomic E-state index is 12.3. The molecule has 6 nitrogen and oxygen atoms in total. The Hall–Kier alpha value is -2.41. The zero-order valence-corrected chi connectivity index (χ0v) is 14.8. The fraction of sp³-hybridized carbons (Fsp3) is 0.294. The summed E-state index contributed by atoms with van der Waals surface area (Å²) in [5.74, 6) is 0.252. The van der Waals surface area contributed by atoms with E-state index in [0.717, 1.165) is 11.3 Å². The van der Waals surface area contributed by atoms with E-state index >= 15 is 0 Å². The number of hydrogen-bond acceptors (Lipinski definition) is 5. The number of benzene rings is 1. The number of hydrogen-bond donors (Lipinski definition) is 0. The van der Waals surface area contributed by atoms with Gasteiger partial charge in [-0.05, 0) is 35.9 Å². The molecule has 0 aliphatic heterocycles. The monoisotopic (exact) mass is 343 g/mol. The summed E-state index contributed by atoms with van der Waals surface area (Å²) >= 11 is 1.32. The van der Waals surface area contributed by atoms with Gasteiger partial charge in [0.2, 0.25) is 11.1 Å². The van der Waals surface area contributed by atoms with E-state index in [9.17, 15) is 4.79 Å². The summed E-state index contributed by atoms with van der Waals surface area (Å²) in [5.41, 5.74) is 3.17. The lowest BCUT2D eigenvalue weighted by Crippen LogP contribution is -2.32. The molecular weight excluding hydrogens is 322 g/mol. The number of thioether (sulfide) groups is 1. The van der Waals surface area contributed by atoms with E-state index in [-0.39, 0.29) is 11.7 Å². The van der Waals surface area contributed by atoms with Gasteiger partial charge in [-0.25, -0.2) is 0 Å². The zero-order chi connectivity index (χ0) is 17.5. The first-order valence-electron chi connectivity index (χ1n) is 7.55. The van der Waals surface area contributed by atoms with Gasteiger partial charge in [-0.3, -0.25) is 4.79 Å². The van der Waals surface area contributed by atoms with Crippen LogP contribution in [0.2, 0.25) is 0 Å². The second-order valence-electron chi connectivity index (χ2n) is 5.33. The van der Waals surface area contributed by atoms with Crippen molar-refractivity contribution in [3.63, 3.8) is 0 Å². The maximum absolute atomic E-state index is 12.3. The van der Waals surface area contributed by atoms with Crippen LogP contribution in [0.5, 0.6) is 0 Å². The minimum absolute atomic E-state index is 0.00465. The Labute approximate surface area is 146 Å². The molecule has 1 heterocycles. The number of carbonyl (C=O) groups excluding carboxylic acids is 1. The van der Waals surface area contributed by atoms with Gasteiger partial charge in [0.1, 0.15) is 0 Å². The van der Waals surface area contributed by atoms with E-state index < -0.39 is 0 Å². The summed E-state index contributed by atoms with van der Waals surface area (Å²) in [5, 5.41) is 12.4. The van der Waals surface area contributed by atoms with Crippen molar-refractivity contribution in [1.82, 2.24) is 25.1 Å². The Morgan fingerprint density at radius 2 is 2.00 bits per heavy atom. The Morgan fingerprint density at radius 1 is 1.29 bits per heavy atom. The smallest absolute Gasteiger partial charge is 0.233 e. The lowest BCUT2D eigenvalue weighted by Gasteiger charge is -2.18. The zero-order valence-electron chi connectivity index (χ0n) is 14.0. The third-order valence-electron chi connectivity index (χ3n) is 3.40. The van der Waals surface area contributed by atoms with Crippen LogP contribution in [0.25, 0.3) is 5.69 Å². The number of aryl methyl sites for hydroxylation is 2. The van der Waals surface area contributed by atoms with Crippen LogP contribution in [-0.4, -0.2) is 49.9 Å². The minimum atomic E-state index is -0.00465. The van der Waals surface area contributed by atoms with Crippen LogP contribution in [-0.2, 0) is 4.79 Å². The van der Waals surface area contributed by atoms with Crippen molar-refractivity contribution in [3.8, 4) is 5.69 Å². The topological polar surface area (TPSA) is 63.9 Å². The summed E-state index contributed by atoms with van der Waals surface area (Å²) < 4.78 is 1.66. The van der Waals surface area contributed by atoms with Crippen molar-refractivity contribution >= 4 is 17.7 Å². The Balaban J connectivity index is 2.12. The van der Waals surface area contributed by atoms with Crippen molar-refractivity contribution in [2.45, 2.75) is 19.0 Å². The normalized spacial score (nSPS) is 10.4. The maximum Gasteiger partial charge on any atom is 0.233 e. The van der Waals surface area contributed by atoms with Crippen molar-refractivity contribution in [3.05, 3.63) is 54.6 Å². The highest BCUT2D eigenvalue weighted by Crippen LogP contribution is 2.21. The summed E-state index contributed by atoms with van der Waals surface area (Å²) in [6.45, 7) is 12.4. The molecule has 0 unspecified atom stereocenters. The fourth-order valence-electron chi connectivity index (χ4n) is 2.27. The van der Waals surface area contributed by atoms with Crippen LogP contribution in [0, 0.1) is 13.8 Å². The van der Waals surface area contributed by atoms with Gasteiger partial charge in [0.25, 0.3) is 0 Å². The van der Waals surface area contributed by atoms with E-state index in [2.05, 4.69) is 34.7 Å². The molecule has 0 radical (unpaired) electrons. The van der Waals surface area contributed by atoms with Crippen molar-refractivity contribution < 1.29 is 4.79 Å². The first kappa shape index (κ1) is 17.9. The second kappa shape index (κ2) is 8.44. The number of amides is 1. The van der Waals surface area contributed by atoms with Crippen LogP contribution in [0.3, 0.4) is 0 Å². The molecule has 2 aromatic rings. The van der Waals surface area contributed by atoms with Crippen LogP contribution in [0.1, 0.15) is 11.1 Å². The molecule has 0 N–H and O–H groups in total. The van der Waals surface area contributed by atoms with Crippen LogP contribution < -0.4 is 0 Å². The third-order valence-corrected chi connectivity index (χ3v) is 4.30. The molecule has 1 aromatic carbocycles. The molecule has 1 aromatic heterocycles. The predicted octanol–water partition coefficient (Wildman–Crippen LogP) is 2.57. The molecular formula is C17H21N5OS. The molecule has 0 fully saturated rings. The molecule has 0 saturated carbocycles. The van der Waals surface area contributed by atoms with E-state index in [1.807, 2.05) is 26.0 Å². The molecule has 24 heavy (non-hydrogen) atoms. The van der Waals surface area contributed by atoms with Crippen LogP contribution in [0.4, 0.5) is 0 Å². The Bertz CT molecular complexity index is 730. The van der Waals surface area contributed by atoms with Gasteiger partial charge >= 0.3 is 0 Å². The summed E-state index contributed by atoms with van der Waals surface area (Å²) in [7, 11) is 0. The van der Waals surface area contributed by atoms with Gasteiger partial charge < -0.3 is 4.90 Å². The van der Waals surface area contributed by atoms with Gasteiger partial charge in [0.05, 0.1) is 11.4 Å². The highest BCUT2D eigenvalue weighted by Gasteiger charge is 2.16. The van der Waals surface area contributed by atoms with Crippen LogP contribution in [0.15, 0.2) is 48.7 Å². The standard InChI is InChI=1S/C17H21N5OS/c1-5-9-21(10-6-2)16(23)12-24-17-18-19-20-22(17)15-8-7-13(3)11-14(15)4/h5-8,11H,1-2,9-10,12H2,3-4H3. The Kier molecular flexibility index (Phi) is 6.31. The van der Waals surface area contributed by atoms with Crippen molar-refractivity contribution in [2.75, 3.05) is 18.8 Å². The predicted molar refractivity (Wildman–Crippen MR) is 96.3 cm³/mol. The van der Waals surface area contributed by atoms with Gasteiger partial charge in [0, 0.05) is 13.1 Å². The van der Waals surface area contributed by atoms with E-state index in [0.29, 0.717) is 18.2 Å². The molecule has 2 rings (SSSR count). The van der Waals surface area contributed by atoms with Gasteiger partial charge in [-0.1, -0.05) is 41.6 Å². The average Bonchev–Trinajstić information content (AvgIpc) is 3.00. The molecule has 0 aliphatic carbocycles. The van der Waals surface area contributed by atoms with Crippen molar-refractivity contribution in [1.29, 1.82) is 0 Å². The lowest BCUT2D eigenvalue weighted by atomic mass is 10.1. The summed E-state index contributed by atoms with van der Waals surface area (Å²) in [6, 6.07) is 6.07. The average molecular weight is 343 g/mol. The van der Waals surface area contributed by atoms with Crippen LogP contribution >= 0.6 is 11.8 Å².